The maximum Gasteiger partial charge on any atom is 0.306 e. The lowest BCUT2D eigenvalue weighted by atomic mass is 9.74. The highest BCUT2D eigenvalue weighted by molar-refractivity contribution is 5.69. The molecule has 2 rings (SSSR count). The average Bonchev–Trinajstić information content (AvgIpc) is 2.78. The van der Waals surface area contributed by atoms with Crippen LogP contribution in [0.1, 0.15) is 104 Å². The summed E-state index contributed by atoms with van der Waals surface area (Å²) in [6.07, 6.45) is 16.2. The van der Waals surface area contributed by atoms with Crippen molar-refractivity contribution in [1.82, 2.24) is 0 Å². The number of hydrogen-bond donors (Lipinski definition) is 1. The molecule has 2 aliphatic carbocycles. The molecule has 0 aromatic rings. The zero-order chi connectivity index (χ0) is 24.3. The van der Waals surface area contributed by atoms with E-state index in [9.17, 15) is 9.90 Å². The zero-order valence-corrected chi connectivity index (χ0v) is 21.2. The molecule has 0 bridgehead atoms. The number of aliphatic hydroxyl groups is 1. The molecule has 188 valence electrons. The van der Waals surface area contributed by atoms with Crippen LogP contribution in [0.5, 0.6) is 0 Å². The summed E-state index contributed by atoms with van der Waals surface area (Å²) < 4.78 is 12.6. The number of carbonyl (C=O) groups excluding carboxylic acids is 1. The van der Waals surface area contributed by atoms with E-state index in [4.69, 9.17) is 9.47 Å². The minimum absolute atomic E-state index is 0.125. The van der Waals surface area contributed by atoms with Gasteiger partial charge in [0, 0.05) is 6.42 Å². The van der Waals surface area contributed by atoms with Crippen LogP contribution in [0.15, 0.2) is 37.5 Å². The highest BCUT2D eigenvalue weighted by Crippen LogP contribution is 2.42. The van der Waals surface area contributed by atoms with E-state index in [1.807, 2.05) is 12.2 Å². The minimum atomic E-state index is -0.570. The Morgan fingerprint density at radius 1 is 1.06 bits per heavy atom. The van der Waals surface area contributed by atoms with Crippen LogP contribution in [-0.2, 0) is 14.3 Å². The SMILES string of the molecule is C=CCCCCCCCCC(=O)OC1CC(C(=C)C)CCC1(C)OC1CCC(C=C)CC1O. The van der Waals surface area contributed by atoms with Crippen LogP contribution in [0.4, 0.5) is 0 Å². The Balaban J connectivity index is 1.88. The van der Waals surface area contributed by atoms with Crippen LogP contribution in [0.25, 0.3) is 0 Å². The zero-order valence-electron chi connectivity index (χ0n) is 21.2. The fourth-order valence-corrected chi connectivity index (χ4v) is 5.33. The molecular weight excluding hydrogens is 412 g/mol. The maximum atomic E-state index is 12.7. The molecule has 4 nitrogen and oxygen atoms in total. The van der Waals surface area contributed by atoms with Crippen molar-refractivity contribution >= 4 is 5.97 Å². The van der Waals surface area contributed by atoms with E-state index >= 15 is 0 Å². The molecular formula is C29H48O4. The van der Waals surface area contributed by atoms with E-state index in [2.05, 4.69) is 33.6 Å². The van der Waals surface area contributed by atoms with Crippen molar-refractivity contribution in [1.29, 1.82) is 0 Å². The van der Waals surface area contributed by atoms with Gasteiger partial charge in [0.1, 0.15) is 11.7 Å². The molecule has 0 heterocycles. The molecule has 1 N–H and O–H groups in total. The normalized spacial score (nSPS) is 32.2. The van der Waals surface area contributed by atoms with Gasteiger partial charge in [0.05, 0.1) is 12.2 Å². The summed E-state index contributed by atoms with van der Waals surface area (Å²) in [5.74, 6) is 0.568. The van der Waals surface area contributed by atoms with Crippen LogP contribution in [0.3, 0.4) is 0 Å². The fourth-order valence-electron chi connectivity index (χ4n) is 5.33. The standard InChI is InChI=1S/C29H48O4/c1-6-8-9-10-11-12-13-14-15-28(31)32-27-21-24(22(3)4)18-19-29(27,5)33-26-17-16-23(7-2)20-25(26)30/h6-7,23-27,30H,1-3,8-21H2,4-5H3. The van der Waals surface area contributed by atoms with Gasteiger partial charge in [-0.3, -0.25) is 4.79 Å². The van der Waals surface area contributed by atoms with E-state index in [0.717, 1.165) is 63.4 Å². The van der Waals surface area contributed by atoms with Crippen LogP contribution >= 0.6 is 0 Å². The van der Waals surface area contributed by atoms with Gasteiger partial charge in [-0.05, 0) is 83.5 Å². The monoisotopic (exact) mass is 460 g/mol. The van der Waals surface area contributed by atoms with E-state index in [0.29, 0.717) is 24.7 Å². The van der Waals surface area contributed by atoms with Crippen LogP contribution in [-0.4, -0.2) is 35.0 Å². The van der Waals surface area contributed by atoms with Gasteiger partial charge >= 0.3 is 5.97 Å². The van der Waals surface area contributed by atoms with E-state index in [-0.39, 0.29) is 18.2 Å². The molecule has 6 atom stereocenters. The van der Waals surface area contributed by atoms with E-state index in [1.54, 1.807) is 0 Å². The van der Waals surface area contributed by atoms with Crippen molar-refractivity contribution in [3.05, 3.63) is 37.5 Å². The number of hydrogen-bond acceptors (Lipinski definition) is 4. The van der Waals surface area contributed by atoms with Gasteiger partial charge in [-0.1, -0.05) is 50.0 Å². The van der Waals surface area contributed by atoms with Crippen molar-refractivity contribution in [2.24, 2.45) is 11.8 Å². The summed E-state index contributed by atoms with van der Waals surface area (Å²) in [4.78, 5) is 12.7. The topological polar surface area (TPSA) is 55.8 Å². The first-order chi connectivity index (χ1) is 15.8. The Labute approximate surface area is 202 Å². The fraction of sp³-hybridized carbons (Fsp3) is 0.759. The molecule has 0 spiro atoms. The highest BCUT2D eigenvalue weighted by Gasteiger charge is 2.46. The Hall–Kier alpha value is -1.39. The first kappa shape index (κ1) is 27.9. The Kier molecular flexibility index (Phi) is 11.9. The lowest BCUT2D eigenvalue weighted by molar-refractivity contribution is -0.213. The molecule has 0 aromatic heterocycles. The molecule has 0 amide bonds. The lowest BCUT2D eigenvalue weighted by Gasteiger charge is -2.47. The van der Waals surface area contributed by atoms with Gasteiger partial charge in [-0.2, -0.15) is 0 Å². The van der Waals surface area contributed by atoms with Gasteiger partial charge in [-0.15, -0.1) is 13.2 Å². The van der Waals surface area contributed by atoms with Gasteiger partial charge < -0.3 is 14.6 Å². The quantitative estimate of drug-likeness (QED) is 0.171. The average molecular weight is 461 g/mol. The number of carbonyl (C=O) groups is 1. The number of esters is 1. The number of aliphatic hydroxyl groups excluding tert-OH is 1. The Morgan fingerprint density at radius 2 is 1.76 bits per heavy atom. The summed E-state index contributed by atoms with van der Waals surface area (Å²) in [6.45, 7) is 15.9. The van der Waals surface area contributed by atoms with Crippen molar-refractivity contribution in [2.45, 2.75) is 128 Å². The van der Waals surface area contributed by atoms with Crippen molar-refractivity contribution < 1.29 is 19.4 Å². The third kappa shape index (κ3) is 9.05. The molecule has 0 aliphatic heterocycles. The molecule has 2 saturated carbocycles. The third-order valence-electron chi connectivity index (χ3n) is 7.73. The van der Waals surface area contributed by atoms with E-state index in [1.165, 1.54) is 19.3 Å². The van der Waals surface area contributed by atoms with Crippen LogP contribution < -0.4 is 0 Å². The van der Waals surface area contributed by atoms with Crippen molar-refractivity contribution in [2.75, 3.05) is 0 Å². The second-order valence-corrected chi connectivity index (χ2v) is 10.6. The van der Waals surface area contributed by atoms with Gasteiger partial charge in [-0.25, -0.2) is 0 Å². The molecule has 2 fully saturated rings. The lowest BCUT2D eigenvalue weighted by Crippen LogP contribution is -2.53. The number of rotatable bonds is 14. The molecule has 4 heteroatoms. The summed E-state index contributed by atoms with van der Waals surface area (Å²) >= 11 is 0. The van der Waals surface area contributed by atoms with Gasteiger partial charge in [0.25, 0.3) is 0 Å². The number of unbranched alkanes of at least 4 members (excludes halogenated alkanes) is 6. The largest absolute Gasteiger partial charge is 0.459 e. The Bertz CT molecular complexity index is 642. The Morgan fingerprint density at radius 3 is 2.39 bits per heavy atom. The minimum Gasteiger partial charge on any atom is -0.459 e. The molecule has 2 aliphatic rings. The molecule has 0 radical (unpaired) electrons. The second-order valence-electron chi connectivity index (χ2n) is 10.6. The smallest absolute Gasteiger partial charge is 0.306 e. The van der Waals surface area contributed by atoms with Crippen molar-refractivity contribution in [3.8, 4) is 0 Å². The van der Waals surface area contributed by atoms with Crippen LogP contribution in [0, 0.1) is 11.8 Å². The predicted octanol–water partition coefficient (Wildman–Crippen LogP) is 7.07. The summed E-state index contributed by atoms with van der Waals surface area (Å²) in [7, 11) is 0. The van der Waals surface area contributed by atoms with Gasteiger partial charge in [0.15, 0.2) is 0 Å². The highest BCUT2D eigenvalue weighted by atomic mass is 16.6. The first-order valence-electron chi connectivity index (χ1n) is 13.2. The molecule has 6 unspecified atom stereocenters. The summed E-state index contributed by atoms with van der Waals surface area (Å²) in [5, 5.41) is 10.7. The summed E-state index contributed by atoms with van der Waals surface area (Å²) in [5.41, 5.74) is 0.570. The summed E-state index contributed by atoms with van der Waals surface area (Å²) in [6, 6.07) is 0. The van der Waals surface area contributed by atoms with Crippen LogP contribution in [0.2, 0.25) is 0 Å². The van der Waals surface area contributed by atoms with Crippen molar-refractivity contribution in [3.63, 3.8) is 0 Å². The number of ether oxygens (including phenoxy) is 2. The second kappa shape index (κ2) is 14.1. The molecule has 0 aromatic carbocycles. The molecule has 0 saturated heterocycles. The third-order valence-corrected chi connectivity index (χ3v) is 7.73. The first-order valence-corrected chi connectivity index (χ1v) is 13.2. The van der Waals surface area contributed by atoms with E-state index < -0.39 is 11.7 Å². The van der Waals surface area contributed by atoms with Gasteiger partial charge in [0.2, 0.25) is 0 Å². The number of allylic oxidation sites excluding steroid dienone is 3. The predicted molar refractivity (Wildman–Crippen MR) is 136 cm³/mol. The molecule has 33 heavy (non-hydrogen) atoms. The maximum absolute atomic E-state index is 12.7.